The van der Waals surface area contributed by atoms with Crippen molar-refractivity contribution in [1.82, 2.24) is 4.90 Å². The predicted octanol–water partition coefficient (Wildman–Crippen LogP) is -2.52. The maximum Gasteiger partial charge on any atom is 0.478 e. The zero-order valence-electron chi connectivity index (χ0n) is 10.6. The molecule has 0 atom stereocenters. The molecule has 100 valence electrons. The molecular formula is C12H17ClN2O3. The van der Waals surface area contributed by atoms with Gasteiger partial charge in [-0.3, -0.25) is 4.90 Å². The van der Waals surface area contributed by atoms with Crippen LogP contribution >= 0.6 is 0 Å². The summed E-state index contributed by atoms with van der Waals surface area (Å²) in [5.41, 5.74) is 1.79. The summed E-state index contributed by atoms with van der Waals surface area (Å²) in [5, 5.41) is 0. The second kappa shape index (κ2) is 6.56. The van der Waals surface area contributed by atoms with Crippen LogP contribution in [0.3, 0.4) is 0 Å². The fourth-order valence-corrected chi connectivity index (χ4v) is 1.77. The minimum Gasteiger partial charge on any atom is -1.00 e. The number of nitrogens with zero attached hydrogens (tertiary/aromatic N) is 2. The van der Waals surface area contributed by atoms with Crippen molar-refractivity contribution in [3.05, 3.63) is 29.6 Å². The van der Waals surface area contributed by atoms with E-state index in [1.807, 2.05) is 32.0 Å². The molecule has 0 spiro atoms. The Morgan fingerprint density at radius 3 is 2.39 bits per heavy atom. The van der Waals surface area contributed by atoms with Crippen molar-refractivity contribution in [2.45, 2.75) is 13.8 Å². The molecule has 2 heterocycles. The molecule has 1 aliphatic heterocycles. The van der Waals surface area contributed by atoms with Crippen LogP contribution in [0.15, 0.2) is 18.2 Å². The first-order chi connectivity index (χ1) is 8.18. The van der Waals surface area contributed by atoms with E-state index < -0.39 is 0 Å². The van der Waals surface area contributed by atoms with Crippen molar-refractivity contribution in [1.29, 1.82) is 0 Å². The van der Waals surface area contributed by atoms with Crippen LogP contribution in [0.4, 0.5) is 4.79 Å². The highest BCUT2D eigenvalue weighted by atomic mass is 35.5. The molecule has 1 aromatic rings. The topological polar surface area (TPSA) is 42.7 Å². The van der Waals surface area contributed by atoms with Crippen molar-refractivity contribution < 1.29 is 31.5 Å². The summed E-state index contributed by atoms with van der Waals surface area (Å²) < 4.78 is 6.74. The number of carbonyl (C=O) groups is 1. The van der Waals surface area contributed by atoms with Gasteiger partial charge in [-0.25, -0.2) is 4.79 Å². The molecule has 0 radical (unpaired) electrons. The van der Waals surface area contributed by atoms with Crippen LogP contribution in [0.5, 0.6) is 0 Å². The number of amides is 1. The van der Waals surface area contributed by atoms with Gasteiger partial charge in [-0.1, -0.05) is 0 Å². The van der Waals surface area contributed by atoms with Gasteiger partial charge in [0.15, 0.2) is 0 Å². The van der Waals surface area contributed by atoms with Crippen LogP contribution in [0.1, 0.15) is 11.4 Å². The summed E-state index contributed by atoms with van der Waals surface area (Å²) in [6, 6.07) is 5.74. The van der Waals surface area contributed by atoms with E-state index in [9.17, 15) is 4.79 Å². The summed E-state index contributed by atoms with van der Waals surface area (Å²) in [6.07, 6.45) is -0.323. The molecule has 0 bridgehead atoms. The van der Waals surface area contributed by atoms with Crippen LogP contribution in [0.25, 0.3) is 0 Å². The number of halogens is 1. The molecule has 1 saturated heterocycles. The van der Waals surface area contributed by atoms with Crippen LogP contribution in [-0.2, 0) is 4.74 Å². The number of ether oxygens (including phenoxy) is 1. The molecule has 1 amide bonds. The third kappa shape index (κ3) is 3.34. The van der Waals surface area contributed by atoms with E-state index in [0.29, 0.717) is 26.3 Å². The minimum absolute atomic E-state index is 0. The maximum absolute atomic E-state index is 11.9. The number of rotatable bonds is 1. The second-order valence-electron chi connectivity index (χ2n) is 4.06. The molecule has 0 saturated carbocycles. The Hall–Kier alpha value is -1.33. The number of aromatic nitrogens is 1. The van der Waals surface area contributed by atoms with E-state index in [1.54, 1.807) is 9.63 Å². The Labute approximate surface area is 113 Å². The fourth-order valence-electron chi connectivity index (χ4n) is 1.77. The highest BCUT2D eigenvalue weighted by Crippen LogP contribution is 1.98. The molecule has 6 heteroatoms. The van der Waals surface area contributed by atoms with Crippen LogP contribution < -0.4 is 22.0 Å². The van der Waals surface area contributed by atoms with Gasteiger partial charge in [-0.05, 0) is 6.07 Å². The molecule has 1 aliphatic rings. The lowest BCUT2D eigenvalue weighted by molar-refractivity contribution is -0.877. The maximum atomic E-state index is 11.9. The normalized spacial score (nSPS) is 14.9. The average Bonchev–Trinajstić information content (AvgIpc) is 2.35. The molecule has 1 fully saturated rings. The molecule has 2 rings (SSSR count). The van der Waals surface area contributed by atoms with E-state index in [0.717, 1.165) is 11.4 Å². The Kier molecular flexibility index (Phi) is 5.37. The van der Waals surface area contributed by atoms with Crippen molar-refractivity contribution in [3.8, 4) is 0 Å². The van der Waals surface area contributed by atoms with Gasteiger partial charge in [0, 0.05) is 43.8 Å². The third-order valence-electron chi connectivity index (χ3n) is 2.75. The van der Waals surface area contributed by atoms with E-state index in [1.165, 1.54) is 0 Å². The monoisotopic (exact) mass is 272 g/mol. The summed E-state index contributed by atoms with van der Waals surface area (Å²) >= 11 is 0. The van der Waals surface area contributed by atoms with E-state index in [4.69, 9.17) is 9.57 Å². The highest BCUT2D eigenvalue weighted by molar-refractivity contribution is 5.67. The first-order valence-electron chi connectivity index (χ1n) is 5.72. The van der Waals surface area contributed by atoms with Crippen LogP contribution in [0, 0.1) is 13.8 Å². The Bertz CT molecular complexity index is 400. The molecule has 0 aliphatic carbocycles. The predicted molar refractivity (Wildman–Crippen MR) is 60.5 cm³/mol. The number of pyridine rings is 1. The smallest absolute Gasteiger partial charge is 0.478 e. The summed E-state index contributed by atoms with van der Waals surface area (Å²) in [4.78, 5) is 18.9. The van der Waals surface area contributed by atoms with Gasteiger partial charge in [0.25, 0.3) is 0 Å². The van der Waals surface area contributed by atoms with Crippen molar-refractivity contribution in [2.75, 3.05) is 26.3 Å². The van der Waals surface area contributed by atoms with Gasteiger partial charge in [-0.2, -0.15) is 4.84 Å². The highest BCUT2D eigenvalue weighted by Gasteiger charge is 2.24. The molecule has 1 aromatic heterocycles. The largest absolute Gasteiger partial charge is 1.00 e. The number of hydrogen-bond acceptors (Lipinski definition) is 3. The number of carbonyl (C=O) groups excluding carboxylic acids is 1. The Balaban J connectivity index is 0.00000162. The first kappa shape index (κ1) is 14.7. The van der Waals surface area contributed by atoms with E-state index in [-0.39, 0.29) is 18.5 Å². The summed E-state index contributed by atoms with van der Waals surface area (Å²) in [6.45, 7) is 6.13. The fraction of sp³-hybridized carbons (Fsp3) is 0.500. The van der Waals surface area contributed by atoms with Gasteiger partial charge in [0.05, 0.1) is 13.2 Å². The lowest BCUT2D eigenvalue weighted by atomic mass is 10.3. The SMILES string of the molecule is Cc1cccc(C)[n+]1OC(=O)N1CCOCC1.[Cl-]. The summed E-state index contributed by atoms with van der Waals surface area (Å²) in [7, 11) is 0. The number of morpholine rings is 1. The zero-order chi connectivity index (χ0) is 12.3. The van der Waals surface area contributed by atoms with Crippen molar-refractivity contribution >= 4 is 6.09 Å². The molecule has 18 heavy (non-hydrogen) atoms. The summed E-state index contributed by atoms with van der Waals surface area (Å²) in [5.74, 6) is 0. The zero-order valence-corrected chi connectivity index (χ0v) is 11.3. The molecular weight excluding hydrogens is 256 g/mol. The Morgan fingerprint density at radius 2 is 1.83 bits per heavy atom. The van der Waals surface area contributed by atoms with E-state index >= 15 is 0 Å². The second-order valence-corrected chi connectivity index (χ2v) is 4.06. The lowest BCUT2D eigenvalue weighted by Gasteiger charge is -2.24. The Morgan fingerprint density at radius 1 is 1.28 bits per heavy atom. The van der Waals surface area contributed by atoms with Gasteiger partial charge < -0.3 is 17.1 Å². The lowest BCUT2D eigenvalue weighted by Crippen LogP contribution is -3.00. The van der Waals surface area contributed by atoms with Gasteiger partial charge in [0.1, 0.15) is 0 Å². The van der Waals surface area contributed by atoms with Gasteiger partial charge in [-0.15, -0.1) is 0 Å². The third-order valence-corrected chi connectivity index (χ3v) is 2.75. The molecule has 0 N–H and O–H groups in total. The molecule has 5 nitrogen and oxygen atoms in total. The minimum atomic E-state index is -0.323. The van der Waals surface area contributed by atoms with Crippen LogP contribution in [-0.4, -0.2) is 37.3 Å². The standard InChI is InChI=1S/C12H17N2O3.ClH/c1-10-4-3-5-11(2)14(10)17-12(15)13-6-8-16-9-7-13;/h3-5H,6-9H2,1-2H3;1H/q+1;/p-1. The van der Waals surface area contributed by atoms with Crippen molar-refractivity contribution in [2.24, 2.45) is 0 Å². The first-order valence-corrected chi connectivity index (χ1v) is 5.72. The average molecular weight is 273 g/mol. The van der Waals surface area contributed by atoms with Crippen LogP contribution in [0.2, 0.25) is 0 Å². The molecule has 0 unspecified atom stereocenters. The van der Waals surface area contributed by atoms with Gasteiger partial charge >= 0.3 is 6.09 Å². The van der Waals surface area contributed by atoms with E-state index in [2.05, 4.69) is 0 Å². The quantitative estimate of drug-likeness (QED) is 0.530. The number of aryl methyl sites for hydroxylation is 2. The van der Waals surface area contributed by atoms with Gasteiger partial charge in [0.2, 0.25) is 11.4 Å². The molecule has 0 aromatic carbocycles. The number of hydrogen-bond donors (Lipinski definition) is 0. The van der Waals surface area contributed by atoms with Crippen molar-refractivity contribution in [3.63, 3.8) is 0 Å².